The second-order valence-electron chi connectivity index (χ2n) is 0.283. The monoisotopic (exact) mass is 296 g/mol. The number of hydrogen-bond acceptors (Lipinski definition) is 1. The Hall–Kier alpha value is 1.19. The van der Waals surface area contributed by atoms with Gasteiger partial charge in [-0.2, -0.15) is 0 Å². The summed E-state index contributed by atoms with van der Waals surface area (Å²) in [6.07, 6.45) is -1.83. The molecule has 0 saturated carbocycles. The van der Waals surface area contributed by atoms with E-state index in [4.69, 9.17) is 15.0 Å². The summed E-state index contributed by atoms with van der Waals surface area (Å²) in [4.78, 5) is 8.56. The summed E-state index contributed by atoms with van der Waals surface area (Å²) in [5.41, 5.74) is 0. The number of hydrogen-bond donors (Lipinski definition) is 2. The molecular formula is CH5NaO3Pb. The van der Waals surface area contributed by atoms with Gasteiger partial charge in [0.05, 0.1) is 0 Å². The minimum atomic E-state index is -1.83. The van der Waals surface area contributed by atoms with Gasteiger partial charge in [0.2, 0.25) is 0 Å². The SMILES string of the molecule is O=C(O)O.[H-].[Na+].[PbH2]. The van der Waals surface area contributed by atoms with Crippen molar-refractivity contribution in [2.45, 2.75) is 0 Å². The van der Waals surface area contributed by atoms with Gasteiger partial charge >= 0.3 is 63.0 Å². The van der Waals surface area contributed by atoms with Gasteiger partial charge in [0, 0.05) is 0 Å². The first kappa shape index (κ1) is 15.7. The molecule has 0 rings (SSSR count). The van der Waals surface area contributed by atoms with Crippen LogP contribution < -0.4 is 29.6 Å². The van der Waals surface area contributed by atoms with Crippen LogP contribution in [-0.2, 0) is 0 Å². The van der Waals surface area contributed by atoms with Gasteiger partial charge in [0.25, 0.3) is 0 Å². The van der Waals surface area contributed by atoms with Crippen molar-refractivity contribution in [3.63, 3.8) is 0 Å². The predicted molar refractivity (Wildman–Crippen MR) is 20.3 cm³/mol. The molecule has 0 spiro atoms. The van der Waals surface area contributed by atoms with Crippen molar-refractivity contribution in [3.05, 3.63) is 0 Å². The Labute approximate surface area is 78.7 Å². The molecule has 0 aromatic rings. The van der Waals surface area contributed by atoms with E-state index in [0.29, 0.717) is 0 Å². The van der Waals surface area contributed by atoms with Crippen LogP contribution in [0.1, 0.15) is 1.43 Å². The van der Waals surface area contributed by atoms with Crippen LogP contribution in [0.25, 0.3) is 0 Å². The van der Waals surface area contributed by atoms with Crippen molar-refractivity contribution in [1.82, 2.24) is 0 Å². The molecule has 0 aliphatic carbocycles. The Morgan fingerprint density at radius 2 is 1.50 bits per heavy atom. The fourth-order valence-electron chi connectivity index (χ4n) is 0. The van der Waals surface area contributed by atoms with Gasteiger partial charge in [-0.3, -0.25) is 0 Å². The summed E-state index contributed by atoms with van der Waals surface area (Å²) in [5.74, 6) is 0. The zero-order chi connectivity index (χ0) is 3.58. The van der Waals surface area contributed by atoms with Crippen LogP contribution in [0, 0.1) is 0 Å². The van der Waals surface area contributed by atoms with Crippen molar-refractivity contribution in [3.8, 4) is 0 Å². The van der Waals surface area contributed by atoms with Gasteiger partial charge < -0.3 is 11.6 Å². The van der Waals surface area contributed by atoms with Crippen LogP contribution in [0.4, 0.5) is 4.79 Å². The topological polar surface area (TPSA) is 57.5 Å². The van der Waals surface area contributed by atoms with Gasteiger partial charge in [-0.15, -0.1) is 0 Å². The Morgan fingerprint density at radius 3 is 1.50 bits per heavy atom. The second-order valence-corrected chi connectivity index (χ2v) is 0.283. The molecule has 0 aliphatic heterocycles. The molecule has 0 aliphatic rings. The third-order valence-electron chi connectivity index (χ3n) is 0. The van der Waals surface area contributed by atoms with E-state index in [-0.39, 0.29) is 58.3 Å². The summed E-state index contributed by atoms with van der Waals surface area (Å²) in [7, 11) is 0. The van der Waals surface area contributed by atoms with Crippen LogP contribution in [0.5, 0.6) is 0 Å². The Bertz CT molecular complexity index is 37.9. The molecule has 0 bridgehead atoms. The first-order chi connectivity index (χ1) is 1.73. The summed E-state index contributed by atoms with van der Waals surface area (Å²) in [6, 6.07) is 0. The van der Waals surface area contributed by atoms with E-state index in [2.05, 4.69) is 0 Å². The number of carbonyl (C=O) groups is 1. The van der Waals surface area contributed by atoms with E-state index in [1.807, 2.05) is 0 Å². The molecule has 0 heterocycles. The second kappa shape index (κ2) is 9.50. The molecular weight excluding hydrogens is 290 g/mol. The maximum atomic E-state index is 8.56. The minimum absolute atomic E-state index is 0. The van der Waals surface area contributed by atoms with E-state index >= 15 is 0 Å². The van der Waals surface area contributed by atoms with Gasteiger partial charge in [-0.25, -0.2) is 4.79 Å². The zero-order valence-corrected chi connectivity index (χ0v) is 11.0. The molecule has 0 aromatic carbocycles. The first-order valence-electron chi connectivity index (χ1n) is 0.651. The Morgan fingerprint density at radius 1 is 1.50 bits per heavy atom. The predicted octanol–water partition coefficient (Wildman–Crippen LogP) is -3.58. The van der Waals surface area contributed by atoms with Crippen LogP contribution in [0.2, 0.25) is 0 Å². The molecule has 0 atom stereocenters. The maximum absolute atomic E-state index is 8.56. The van der Waals surface area contributed by atoms with Crippen LogP contribution in [-0.4, -0.2) is 43.7 Å². The zero-order valence-electron chi connectivity index (χ0n) is 4.51. The molecule has 0 saturated heterocycles. The van der Waals surface area contributed by atoms with Crippen LogP contribution in [0.3, 0.4) is 0 Å². The van der Waals surface area contributed by atoms with Gasteiger partial charge in [0.1, 0.15) is 0 Å². The molecule has 0 aromatic heterocycles. The number of rotatable bonds is 0. The van der Waals surface area contributed by atoms with Gasteiger partial charge in [0.15, 0.2) is 0 Å². The standard InChI is InChI=1S/CH2O3.Na.Pb.3H/c2-1(3)4;;;;;/h(H2,2,3,4);;;;;/q;+1;;;;-1. The van der Waals surface area contributed by atoms with Crippen molar-refractivity contribution in [2.75, 3.05) is 0 Å². The Kier molecular flexibility index (Phi) is 24.8. The Balaban J connectivity index is -0.0000000150. The van der Waals surface area contributed by atoms with E-state index in [1.165, 1.54) is 0 Å². The van der Waals surface area contributed by atoms with E-state index < -0.39 is 6.16 Å². The van der Waals surface area contributed by atoms with Crippen molar-refractivity contribution >= 4 is 33.5 Å². The molecule has 2 N–H and O–H groups in total. The molecule has 0 amide bonds. The van der Waals surface area contributed by atoms with E-state index in [1.54, 1.807) is 0 Å². The summed E-state index contributed by atoms with van der Waals surface area (Å²) in [5, 5.41) is 13.9. The van der Waals surface area contributed by atoms with Crippen LogP contribution >= 0.6 is 0 Å². The molecule has 5 heteroatoms. The molecule has 3 nitrogen and oxygen atoms in total. The quantitative estimate of drug-likeness (QED) is 0.455. The molecule has 32 valence electrons. The van der Waals surface area contributed by atoms with E-state index in [9.17, 15) is 0 Å². The molecule has 0 fully saturated rings. The average Bonchev–Trinajstić information content (AvgIpc) is 0.811. The third-order valence-corrected chi connectivity index (χ3v) is 0. The molecule has 6 heavy (non-hydrogen) atoms. The van der Waals surface area contributed by atoms with Gasteiger partial charge in [-0.1, -0.05) is 0 Å². The third kappa shape index (κ3) is 64.2. The summed E-state index contributed by atoms with van der Waals surface area (Å²) < 4.78 is 0. The van der Waals surface area contributed by atoms with Crippen molar-refractivity contribution in [1.29, 1.82) is 0 Å². The van der Waals surface area contributed by atoms with E-state index in [0.717, 1.165) is 0 Å². The fourth-order valence-corrected chi connectivity index (χ4v) is 0. The van der Waals surface area contributed by atoms with Crippen LogP contribution in [0.15, 0.2) is 0 Å². The summed E-state index contributed by atoms with van der Waals surface area (Å²) in [6.45, 7) is 0. The normalized spacial score (nSPS) is 4.00. The first-order valence-corrected chi connectivity index (χ1v) is 0.651. The molecule has 0 unspecified atom stereocenters. The molecule has 2 radical (unpaired) electrons. The fraction of sp³-hybridized carbons (Fsp3) is 0. The number of carboxylic acid groups (broad SMARTS) is 2. The van der Waals surface area contributed by atoms with Gasteiger partial charge in [-0.05, 0) is 0 Å². The summed E-state index contributed by atoms with van der Waals surface area (Å²) >= 11 is 0. The average molecular weight is 295 g/mol. The van der Waals surface area contributed by atoms with Crippen molar-refractivity contribution in [2.24, 2.45) is 0 Å². The van der Waals surface area contributed by atoms with Crippen molar-refractivity contribution < 1.29 is 46.0 Å².